The number of fused-ring (bicyclic) bond motifs is 1. The van der Waals surface area contributed by atoms with Crippen LogP contribution >= 0.6 is 0 Å². The molecule has 0 aliphatic carbocycles. The Morgan fingerprint density at radius 1 is 0.794 bits per heavy atom. The Balaban J connectivity index is 2.37. The molecule has 1 amide bonds. The predicted molar refractivity (Wildman–Crippen MR) is 109 cm³/mol. The number of nitro benzene ring substituents is 1. The van der Waals surface area contributed by atoms with E-state index in [4.69, 9.17) is 0 Å². The van der Waals surface area contributed by atoms with Crippen molar-refractivity contribution in [1.29, 1.82) is 0 Å². The Morgan fingerprint density at radius 3 is 1.94 bits per heavy atom. The molecule has 0 radical (unpaired) electrons. The van der Waals surface area contributed by atoms with E-state index in [2.05, 4.69) is 5.32 Å². The summed E-state index contributed by atoms with van der Waals surface area (Å²) in [6.07, 6.45) is 0. The van der Waals surface area contributed by atoms with E-state index in [0.29, 0.717) is 12.1 Å². The normalized spacial score (nSPS) is 12.4. The van der Waals surface area contributed by atoms with Crippen molar-refractivity contribution in [3.8, 4) is 0 Å². The average molecular weight is 529 g/mol. The molecule has 0 atom stereocenters. The van der Waals surface area contributed by atoms with E-state index >= 15 is 0 Å². The number of amides is 1. The van der Waals surface area contributed by atoms with E-state index in [9.17, 15) is 53.8 Å². The second kappa shape index (κ2) is 8.38. The van der Waals surface area contributed by atoms with Crippen LogP contribution in [0.4, 0.5) is 11.4 Å². The van der Waals surface area contributed by atoms with Gasteiger partial charge in [-0.05, 0) is 30.3 Å². The van der Waals surface area contributed by atoms with E-state index in [1.165, 1.54) is 0 Å². The number of nitrogens with zero attached hydrogens (tertiary/aromatic N) is 1. The molecule has 0 saturated carbocycles. The topological polar surface area (TPSA) is 244 Å². The summed E-state index contributed by atoms with van der Waals surface area (Å²) < 4.78 is 105. The van der Waals surface area contributed by atoms with Gasteiger partial charge in [0, 0.05) is 28.5 Å². The average Bonchev–Trinajstić information content (AvgIpc) is 2.70. The lowest BCUT2D eigenvalue weighted by Crippen LogP contribution is -2.14. The first kappa shape index (κ1) is 25.1. The highest BCUT2D eigenvalue weighted by Gasteiger charge is 2.22. The minimum absolute atomic E-state index is 0.164. The van der Waals surface area contributed by atoms with Crippen LogP contribution in [0.15, 0.2) is 63.2 Å². The first-order chi connectivity index (χ1) is 15.5. The van der Waals surface area contributed by atoms with Crippen molar-refractivity contribution < 1.29 is 48.6 Å². The molecule has 0 fully saturated rings. The summed E-state index contributed by atoms with van der Waals surface area (Å²) in [5.41, 5.74) is -1.34. The molecule has 0 saturated heterocycles. The summed E-state index contributed by atoms with van der Waals surface area (Å²) in [6, 6.07) is 6.13. The van der Waals surface area contributed by atoms with Gasteiger partial charge in [-0.3, -0.25) is 14.9 Å². The molecule has 3 rings (SSSR count). The molecule has 3 aromatic carbocycles. The molecule has 0 aliphatic rings. The first-order valence-corrected chi connectivity index (χ1v) is 12.8. The summed E-state index contributed by atoms with van der Waals surface area (Å²) in [4.78, 5) is 18.8. The predicted octanol–water partition coefficient (Wildman–Crippen LogP) is 0.713. The van der Waals surface area contributed by atoms with Crippen LogP contribution in [-0.4, -0.2) is 49.7 Å². The van der Waals surface area contributed by atoms with Crippen molar-refractivity contribution >= 4 is 58.4 Å². The number of hydrogen-bond donors (Lipinski definition) is 1. The molecular formula is C17H9N2O12S3-3. The number of nitrogens with one attached hydrogen (secondary N) is 1. The number of hydrogen-bond acceptors (Lipinski definition) is 12. The first-order valence-electron chi connectivity index (χ1n) is 8.54. The van der Waals surface area contributed by atoms with Gasteiger partial charge in [-0.1, -0.05) is 6.07 Å². The zero-order valence-corrected chi connectivity index (χ0v) is 18.6. The molecule has 34 heavy (non-hydrogen) atoms. The second-order valence-electron chi connectivity index (χ2n) is 6.58. The van der Waals surface area contributed by atoms with Gasteiger partial charge in [0.2, 0.25) is 0 Å². The van der Waals surface area contributed by atoms with Gasteiger partial charge >= 0.3 is 0 Å². The van der Waals surface area contributed by atoms with E-state index in [-0.39, 0.29) is 11.6 Å². The fraction of sp³-hybridized carbons (Fsp3) is 0. The van der Waals surface area contributed by atoms with Gasteiger partial charge in [0.1, 0.15) is 30.4 Å². The maximum absolute atomic E-state index is 12.6. The second-order valence-corrected chi connectivity index (χ2v) is 10.7. The Labute approximate surface area is 191 Å². The Kier molecular flexibility index (Phi) is 6.20. The summed E-state index contributed by atoms with van der Waals surface area (Å²) in [5, 5.41) is 11.3. The highest BCUT2D eigenvalue weighted by atomic mass is 32.2. The standard InChI is InChI=1S/C17H12N2O12S3/c20-17(9-2-1-3-10(6-9)19(21)22)18-13-4-5-14(33(26,27)28)12-7-11(32(23,24)25)8-15(16(12)13)34(29,30)31/h1-8H,(H,18,20)(H,23,24,25)(H,26,27,28)(H,29,30,31)/p-3. The largest absolute Gasteiger partial charge is 0.744 e. The molecule has 0 bridgehead atoms. The molecular weight excluding hydrogens is 520 g/mol. The van der Waals surface area contributed by atoms with Crippen molar-refractivity contribution in [2.75, 3.05) is 5.32 Å². The van der Waals surface area contributed by atoms with Crippen molar-refractivity contribution in [3.05, 3.63) is 64.2 Å². The van der Waals surface area contributed by atoms with Crippen LogP contribution in [-0.2, 0) is 30.4 Å². The van der Waals surface area contributed by atoms with Gasteiger partial charge in [-0.25, -0.2) is 25.3 Å². The zero-order chi connectivity index (χ0) is 25.6. The Bertz CT molecular complexity index is 1700. The highest BCUT2D eigenvalue weighted by Crippen LogP contribution is 2.37. The fourth-order valence-electron chi connectivity index (χ4n) is 3.01. The number of benzene rings is 3. The quantitative estimate of drug-likeness (QED) is 0.263. The lowest BCUT2D eigenvalue weighted by molar-refractivity contribution is -0.384. The number of non-ortho nitro benzene ring substituents is 1. The lowest BCUT2D eigenvalue weighted by atomic mass is 10.1. The van der Waals surface area contributed by atoms with Gasteiger partial charge in [0.15, 0.2) is 0 Å². The van der Waals surface area contributed by atoms with Crippen molar-refractivity contribution in [2.24, 2.45) is 0 Å². The molecule has 0 aromatic heterocycles. The molecule has 0 aliphatic heterocycles. The van der Waals surface area contributed by atoms with Crippen molar-refractivity contribution in [3.63, 3.8) is 0 Å². The van der Waals surface area contributed by atoms with E-state index in [1.807, 2.05) is 0 Å². The van der Waals surface area contributed by atoms with Crippen LogP contribution in [0.5, 0.6) is 0 Å². The van der Waals surface area contributed by atoms with E-state index in [1.54, 1.807) is 0 Å². The highest BCUT2D eigenvalue weighted by molar-refractivity contribution is 7.87. The number of carbonyl (C=O) groups is 1. The summed E-state index contributed by atoms with van der Waals surface area (Å²) >= 11 is 0. The van der Waals surface area contributed by atoms with E-state index in [0.717, 1.165) is 30.3 Å². The maximum Gasteiger partial charge on any atom is 0.270 e. The third-order valence-corrected chi connectivity index (χ3v) is 6.97. The Morgan fingerprint density at radius 2 is 1.41 bits per heavy atom. The molecule has 180 valence electrons. The summed E-state index contributed by atoms with van der Waals surface area (Å²) in [7, 11) is -16.4. The molecule has 3 aromatic rings. The van der Waals surface area contributed by atoms with Gasteiger partial charge in [0.05, 0.1) is 25.3 Å². The number of rotatable bonds is 6. The van der Waals surface area contributed by atoms with E-state index < -0.39 is 78.0 Å². The van der Waals surface area contributed by atoms with Crippen LogP contribution in [0, 0.1) is 10.1 Å². The molecule has 17 heteroatoms. The minimum atomic E-state index is -5.61. The monoisotopic (exact) mass is 529 g/mol. The number of anilines is 1. The lowest BCUT2D eigenvalue weighted by Gasteiger charge is -2.20. The van der Waals surface area contributed by atoms with Crippen molar-refractivity contribution in [1.82, 2.24) is 0 Å². The zero-order valence-electron chi connectivity index (χ0n) is 16.2. The summed E-state index contributed by atoms with van der Waals surface area (Å²) in [6.45, 7) is 0. The van der Waals surface area contributed by atoms with Crippen LogP contribution in [0.3, 0.4) is 0 Å². The molecule has 0 heterocycles. The van der Waals surface area contributed by atoms with Gasteiger partial charge < -0.3 is 19.0 Å². The molecule has 0 unspecified atom stereocenters. The number of carbonyl (C=O) groups excluding carboxylic acids is 1. The maximum atomic E-state index is 12.6. The molecule has 14 nitrogen and oxygen atoms in total. The van der Waals surface area contributed by atoms with Gasteiger partial charge in [0.25, 0.3) is 11.6 Å². The van der Waals surface area contributed by atoms with Gasteiger partial charge in [-0.15, -0.1) is 0 Å². The molecule has 0 spiro atoms. The van der Waals surface area contributed by atoms with Crippen LogP contribution in [0.25, 0.3) is 10.8 Å². The fourth-order valence-corrected chi connectivity index (χ4v) is 5.02. The number of nitro groups is 1. The van der Waals surface area contributed by atoms with Crippen LogP contribution < -0.4 is 5.32 Å². The minimum Gasteiger partial charge on any atom is -0.744 e. The SMILES string of the molecule is O=C(Nc1ccc(S(=O)(=O)[O-])c2cc(S(=O)(=O)[O-])cc(S(=O)(=O)[O-])c12)c1cccc([N+](=O)[O-])c1. The summed E-state index contributed by atoms with van der Waals surface area (Å²) in [5.74, 6) is -1.07. The van der Waals surface area contributed by atoms with Gasteiger partial charge in [-0.2, -0.15) is 0 Å². The molecule has 1 N–H and O–H groups in total. The van der Waals surface area contributed by atoms with Crippen molar-refractivity contribution in [2.45, 2.75) is 14.7 Å². The third kappa shape index (κ3) is 5.03. The Hall–Kier alpha value is -3.48. The third-order valence-electron chi connectivity index (χ3n) is 4.41. The smallest absolute Gasteiger partial charge is 0.270 e. The van der Waals surface area contributed by atoms with Crippen LogP contribution in [0.1, 0.15) is 10.4 Å². The van der Waals surface area contributed by atoms with Crippen LogP contribution in [0.2, 0.25) is 0 Å².